The second-order valence-corrected chi connectivity index (χ2v) is 5.11. The number of hydrogen-bond donors (Lipinski definition) is 1. The van der Waals surface area contributed by atoms with E-state index in [2.05, 4.69) is 20.9 Å². The number of carbonyl (C=O) groups is 1. The van der Waals surface area contributed by atoms with E-state index in [1.165, 1.54) is 0 Å². The van der Waals surface area contributed by atoms with Crippen LogP contribution in [0, 0.1) is 0 Å². The van der Waals surface area contributed by atoms with Crippen LogP contribution in [0.1, 0.15) is 6.42 Å². The van der Waals surface area contributed by atoms with Crippen LogP contribution in [-0.2, 0) is 11.3 Å². The van der Waals surface area contributed by atoms with Gasteiger partial charge in [0, 0.05) is 26.2 Å². The summed E-state index contributed by atoms with van der Waals surface area (Å²) >= 11 is 0. The van der Waals surface area contributed by atoms with Gasteiger partial charge in [-0.2, -0.15) is 0 Å². The van der Waals surface area contributed by atoms with Gasteiger partial charge in [0.15, 0.2) is 0 Å². The van der Waals surface area contributed by atoms with Crippen LogP contribution >= 0.6 is 0 Å². The third-order valence-electron chi connectivity index (χ3n) is 3.68. The molecule has 1 saturated heterocycles. The monoisotopic (exact) mass is 288 g/mol. The van der Waals surface area contributed by atoms with Gasteiger partial charge >= 0.3 is 6.03 Å². The summed E-state index contributed by atoms with van der Waals surface area (Å²) in [6.45, 7) is 4.14. The maximum absolute atomic E-state index is 11.9. The summed E-state index contributed by atoms with van der Waals surface area (Å²) < 4.78 is 7.35. The lowest BCUT2D eigenvalue weighted by Gasteiger charge is -2.26. The quantitative estimate of drug-likeness (QED) is 0.867. The van der Waals surface area contributed by atoms with Gasteiger partial charge < -0.3 is 19.5 Å². The summed E-state index contributed by atoms with van der Waals surface area (Å²) in [6.07, 6.45) is 2.74. The number of aromatic nitrogens is 2. The highest BCUT2D eigenvalue weighted by Gasteiger charge is 2.15. The Morgan fingerprint density at radius 2 is 2.10 bits per heavy atom. The van der Waals surface area contributed by atoms with Crippen LogP contribution in [0.15, 0.2) is 30.6 Å². The third kappa shape index (κ3) is 3.33. The topological polar surface area (TPSA) is 59.4 Å². The minimum Gasteiger partial charge on any atom is -0.378 e. The van der Waals surface area contributed by atoms with E-state index in [9.17, 15) is 4.79 Å². The highest BCUT2D eigenvalue weighted by Crippen LogP contribution is 2.11. The van der Waals surface area contributed by atoms with Crippen molar-refractivity contribution >= 4 is 17.1 Å². The minimum absolute atomic E-state index is 0.00814. The Kier molecular flexibility index (Phi) is 4.35. The Balaban J connectivity index is 1.44. The van der Waals surface area contributed by atoms with Gasteiger partial charge in [0.1, 0.15) is 0 Å². The fraction of sp³-hybridized carbons (Fsp3) is 0.467. The van der Waals surface area contributed by atoms with Crippen molar-refractivity contribution in [1.29, 1.82) is 0 Å². The Bertz CT molecular complexity index is 604. The number of morpholine rings is 1. The second-order valence-electron chi connectivity index (χ2n) is 5.11. The Morgan fingerprint density at radius 3 is 2.95 bits per heavy atom. The minimum atomic E-state index is 0.00814. The zero-order chi connectivity index (χ0) is 14.5. The van der Waals surface area contributed by atoms with Crippen molar-refractivity contribution in [1.82, 2.24) is 19.8 Å². The molecule has 0 saturated carbocycles. The van der Waals surface area contributed by atoms with Gasteiger partial charge in [0.25, 0.3) is 0 Å². The van der Waals surface area contributed by atoms with Crippen LogP contribution < -0.4 is 5.32 Å². The fourth-order valence-corrected chi connectivity index (χ4v) is 2.51. The van der Waals surface area contributed by atoms with E-state index in [0.29, 0.717) is 32.8 Å². The number of rotatable bonds is 4. The van der Waals surface area contributed by atoms with Gasteiger partial charge in [-0.25, -0.2) is 9.78 Å². The zero-order valence-corrected chi connectivity index (χ0v) is 12.0. The first-order valence-electron chi connectivity index (χ1n) is 7.35. The lowest BCUT2D eigenvalue weighted by molar-refractivity contribution is 0.0532. The van der Waals surface area contributed by atoms with E-state index in [1.54, 1.807) is 4.90 Å². The smallest absolute Gasteiger partial charge is 0.317 e. The predicted molar refractivity (Wildman–Crippen MR) is 80.1 cm³/mol. The molecule has 2 amide bonds. The number of benzene rings is 1. The highest BCUT2D eigenvalue weighted by molar-refractivity contribution is 5.75. The standard InChI is InChI=1S/C15H20N4O2/c20-15(18-8-10-21-11-9-18)16-6-3-7-19-12-17-13-4-1-2-5-14(13)19/h1-2,4-5,12H,3,6-11H2,(H,16,20). The van der Waals surface area contributed by atoms with Gasteiger partial charge in [0.2, 0.25) is 0 Å². The molecule has 0 atom stereocenters. The number of nitrogens with zero attached hydrogens (tertiary/aromatic N) is 3. The number of hydrogen-bond acceptors (Lipinski definition) is 3. The molecule has 1 aliphatic rings. The Labute approximate surface area is 123 Å². The second kappa shape index (κ2) is 6.58. The number of imidazole rings is 1. The van der Waals surface area contributed by atoms with E-state index in [4.69, 9.17) is 4.74 Å². The molecule has 1 aromatic heterocycles. The Hall–Kier alpha value is -2.08. The van der Waals surface area contributed by atoms with Crippen LogP contribution in [0.4, 0.5) is 4.79 Å². The first kappa shape index (κ1) is 13.9. The molecule has 1 aromatic carbocycles. The maximum Gasteiger partial charge on any atom is 0.317 e. The summed E-state index contributed by atoms with van der Waals surface area (Å²) in [4.78, 5) is 18.1. The molecule has 0 unspecified atom stereocenters. The molecule has 0 bridgehead atoms. The van der Waals surface area contributed by atoms with Crippen LogP contribution in [-0.4, -0.2) is 53.3 Å². The molecule has 112 valence electrons. The predicted octanol–water partition coefficient (Wildman–Crippen LogP) is 1.47. The molecule has 0 spiro atoms. The maximum atomic E-state index is 11.9. The SMILES string of the molecule is O=C(NCCCn1cnc2ccccc21)N1CCOCC1. The van der Waals surface area contributed by atoms with E-state index in [-0.39, 0.29) is 6.03 Å². The highest BCUT2D eigenvalue weighted by atomic mass is 16.5. The first-order valence-corrected chi connectivity index (χ1v) is 7.35. The molecule has 1 N–H and O–H groups in total. The summed E-state index contributed by atoms with van der Waals surface area (Å²) in [6, 6.07) is 8.08. The van der Waals surface area contributed by atoms with Crippen molar-refractivity contribution in [3.05, 3.63) is 30.6 Å². The number of carbonyl (C=O) groups excluding carboxylic acids is 1. The number of fused-ring (bicyclic) bond motifs is 1. The summed E-state index contributed by atoms with van der Waals surface area (Å²) in [5.41, 5.74) is 2.15. The normalized spacial score (nSPS) is 15.3. The molecule has 1 fully saturated rings. The average molecular weight is 288 g/mol. The molecule has 0 aliphatic carbocycles. The molecule has 3 rings (SSSR count). The number of nitrogens with one attached hydrogen (secondary N) is 1. The molecule has 1 aliphatic heterocycles. The number of ether oxygens (including phenoxy) is 1. The van der Waals surface area contributed by atoms with Gasteiger partial charge in [-0.15, -0.1) is 0 Å². The third-order valence-corrected chi connectivity index (χ3v) is 3.68. The lowest BCUT2D eigenvalue weighted by Crippen LogP contribution is -2.46. The van der Waals surface area contributed by atoms with E-state index < -0.39 is 0 Å². The zero-order valence-electron chi connectivity index (χ0n) is 12.0. The van der Waals surface area contributed by atoms with Gasteiger partial charge in [-0.1, -0.05) is 12.1 Å². The van der Waals surface area contributed by atoms with Crippen molar-refractivity contribution < 1.29 is 9.53 Å². The number of aryl methyl sites for hydroxylation is 1. The van der Waals surface area contributed by atoms with Crippen LogP contribution in [0.5, 0.6) is 0 Å². The largest absolute Gasteiger partial charge is 0.378 e. The number of para-hydroxylation sites is 2. The van der Waals surface area contributed by atoms with Crippen LogP contribution in [0.25, 0.3) is 11.0 Å². The van der Waals surface area contributed by atoms with E-state index in [0.717, 1.165) is 24.0 Å². The van der Waals surface area contributed by atoms with Gasteiger partial charge in [-0.3, -0.25) is 0 Å². The van der Waals surface area contributed by atoms with E-state index in [1.807, 2.05) is 24.5 Å². The van der Waals surface area contributed by atoms with Crippen molar-refractivity contribution in [3.63, 3.8) is 0 Å². The molecule has 6 nitrogen and oxygen atoms in total. The molecular weight excluding hydrogens is 268 g/mol. The van der Waals surface area contributed by atoms with Crippen molar-refractivity contribution in [2.75, 3.05) is 32.8 Å². The number of urea groups is 1. The molecule has 6 heteroatoms. The molecular formula is C15H20N4O2. The number of amides is 2. The summed E-state index contributed by atoms with van der Waals surface area (Å²) in [7, 11) is 0. The van der Waals surface area contributed by atoms with Crippen LogP contribution in [0.2, 0.25) is 0 Å². The Morgan fingerprint density at radius 1 is 1.29 bits per heavy atom. The van der Waals surface area contributed by atoms with Crippen molar-refractivity contribution in [2.45, 2.75) is 13.0 Å². The van der Waals surface area contributed by atoms with Crippen molar-refractivity contribution in [2.24, 2.45) is 0 Å². The molecule has 21 heavy (non-hydrogen) atoms. The van der Waals surface area contributed by atoms with Gasteiger partial charge in [0.05, 0.1) is 30.6 Å². The first-order chi connectivity index (χ1) is 10.3. The van der Waals surface area contributed by atoms with E-state index >= 15 is 0 Å². The molecule has 2 heterocycles. The average Bonchev–Trinajstić information content (AvgIpc) is 2.95. The lowest BCUT2D eigenvalue weighted by atomic mass is 10.3. The molecule has 0 radical (unpaired) electrons. The summed E-state index contributed by atoms with van der Waals surface area (Å²) in [5.74, 6) is 0. The van der Waals surface area contributed by atoms with Gasteiger partial charge in [-0.05, 0) is 18.6 Å². The van der Waals surface area contributed by atoms with Crippen molar-refractivity contribution in [3.8, 4) is 0 Å². The summed E-state index contributed by atoms with van der Waals surface area (Å²) in [5, 5.41) is 2.96. The fourth-order valence-electron chi connectivity index (χ4n) is 2.51. The molecule has 2 aromatic rings. The van der Waals surface area contributed by atoms with Crippen LogP contribution in [0.3, 0.4) is 0 Å².